The number of carbonyl (C=O) groups excluding carboxylic acids is 1. The SMILES string of the molecule is CCC(C(=O)O)n1cc2c(cc1=O)-c1cc(Cl)ccc1CNC2=O. The normalized spacial score (nSPS) is 14.2. The van der Waals surface area contributed by atoms with Gasteiger partial charge in [0, 0.05) is 29.4 Å². The second-order valence-corrected chi connectivity index (χ2v) is 6.03. The first kappa shape index (κ1) is 16.3. The van der Waals surface area contributed by atoms with Crippen LogP contribution in [0.3, 0.4) is 0 Å². The maximum atomic E-state index is 12.4. The molecule has 2 heterocycles. The summed E-state index contributed by atoms with van der Waals surface area (Å²) in [5.74, 6) is -1.47. The van der Waals surface area contributed by atoms with Crippen molar-refractivity contribution in [3.63, 3.8) is 0 Å². The third-order valence-corrected chi connectivity index (χ3v) is 4.37. The zero-order valence-corrected chi connectivity index (χ0v) is 13.6. The third-order valence-electron chi connectivity index (χ3n) is 4.13. The second-order valence-electron chi connectivity index (χ2n) is 5.59. The fourth-order valence-corrected chi connectivity index (χ4v) is 3.08. The Morgan fingerprint density at radius 1 is 1.29 bits per heavy atom. The van der Waals surface area contributed by atoms with E-state index in [1.54, 1.807) is 25.1 Å². The number of halogens is 1. The number of carbonyl (C=O) groups is 2. The van der Waals surface area contributed by atoms with Crippen LogP contribution in [0.15, 0.2) is 35.3 Å². The number of aromatic nitrogens is 1. The minimum Gasteiger partial charge on any atom is -0.480 e. The Labute approximate surface area is 142 Å². The van der Waals surface area contributed by atoms with Crippen LogP contribution in [-0.2, 0) is 11.3 Å². The van der Waals surface area contributed by atoms with Crippen LogP contribution in [0, 0.1) is 0 Å². The maximum absolute atomic E-state index is 12.4. The molecule has 1 atom stereocenters. The Kier molecular flexibility index (Phi) is 4.15. The van der Waals surface area contributed by atoms with Gasteiger partial charge in [0.2, 0.25) is 0 Å². The zero-order valence-electron chi connectivity index (χ0n) is 12.9. The quantitative estimate of drug-likeness (QED) is 0.893. The number of rotatable bonds is 3. The Bertz CT molecular complexity index is 904. The van der Waals surface area contributed by atoms with E-state index >= 15 is 0 Å². The minimum absolute atomic E-state index is 0.234. The molecule has 0 radical (unpaired) electrons. The highest BCUT2D eigenvalue weighted by molar-refractivity contribution is 6.31. The Morgan fingerprint density at radius 3 is 2.71 bits per heavy atom. The molecule has 1 aromatic carbocycles. The van der Waals surface area contributed by atoms with Crippen LogP contribution in [0.1, 0.15) is 35.3 Å². The van der Waals surface area contributed by atoms with Crippen LogP contribution < -0.4 is 10.9 Å². The number of pyridine rings is 1. The Balaban J connectivity index is 2.28. The average molecular weight is 347 g/mol. The molecule has 124 valence electrons. The van der Waals surface area contributed by atoms with Crippen molar-refractivity contribution in [3.8, 4) is 11.1 Å². The molecule has 1 aromatic heterocycles. The first-order valence-electron chi connectivity index (χ1n) is 7.48. The Hall–Kier alpha value is -2.60. The summed E-state index contributed by atoms with van der Waals surface area (Å²) in [7, 11) is 0. The molecular formula is C17H15ClN2O4. The number of carboxylic acids is 1. The zero-order chi connectivity index (χ0) is 17.4. The fourth-order valence-electron chi connectivity index (χ4n) is 2.91. The number of aliphatic carboxylic acids is 1. The highest BCUT2D eigenvalue weighted by Gasteiger charge is 2.25. The Morgan fingerprint density at radius 2 is 2.04 bits per heavy atom. The van der Waals surface area contributed by atoms with E-state index in [-0.39, 0.29) is 17.9 Å². The predicted molar refractivity (Wildman–Crippen MR) is 89.3 cm³/mol. The lowest BCUT2D eigenvalue weighted by Gasteiger charge is -2.16. The highest BCUT2D eigenvalue weighted by Crippen LogP contribution is 2.31. The molecule has 0 spiro atoms. The van der Waals surface area contributed by atoms with E-state index in [2.05, 4.69) is 5.32 Å². The van der Waals surface area contributed by atoms with Gasteiger partial charge in [-0.15, -0.1) is 0 Å². The van der Waals surface area contributed by atoms with Crippen molar-refractivity contribution in [2.24, 2.45) is 0 Å². The van der Waals surface area contributed by atoms with Crippen molar-refractivity contribution in [3.05, 3.63) is 57.0 Å². The van der Waals surface area contributed by atoms with E-state index in [1.165, 1.54) is 12.3 Å². The predicted octanol–water partition coefficient (Wildman–Crippen LogP) is 2.45. The summed E-state index contributed by atoms with van der Waals surface area (Å²) in [5.41, 5.74) is 1.79. The summed E-state index contributed by atoms with van der Waals surface area (Å²) in [6.45, 7) is 1.98. The number of hydrogen-bond donors (Lipinski definition) is 2. The summed E-state index contributed by atoms with van der Waals surface area (Å²) in [6.07, 6.45) is 1.56. The summed E-state index contributed by atoms with van der Waals surface area (Å²) >= 11 is 6.05. The number of carboxylic acid groups (broad SMARTS) is 1. The number of benzene rings is 1. The summed E-state index contributed by atoms with van der Waals surface area (Å²) in [6, 6.07) is 5.51. The van der Waals surface area contributed by atoms with Gasteiger partial charge >= 0.3 is 5.97 Å². The average Bonchev–Trinajstić information content (AvgIpc) is 2.66. The van der Waals surface area contributed by atoms with Crippen molar-refractivity contribution in [1.82, 2.24) is 9.88 Å². The van der Waals surface area contributed by atoms with Gasteiger partial charge < -0.3 is 15.0 Å². The van der Waals surface area contributed by atoms with Crippen LogP contribution in [0.4, 0.5) is 0 Å². The lowest BCUT2D eigenvalue weighted by molar-refractivity contribution is -0.141. The van der Waals surface area contributed by atoms with Gasteiger partial charge in [-0.05, 0) is 29.7 Å². The molecule has 0 saturated heterocycles. The molecule has 1 aliphatic rings. The lowest BCUT2D eigenvalue weighted by atomic mass is 9.97. The molecule has 1 aliphatic heterocycles. The summed E-state index contributed by atoms with van der Waals surface area (Å²) in [5, 5.41) is 12.6. The second kappa shape index (κ2) is 6.13. The van der Waals surface area contributed by atoms with Gasteiger partial charge in [-0.2, -0.15) is 0 Å². The first-order valence-corrected chi connectivity index (χ1v) is 7.86. The highest BCUT2D eigenvalue weighted by atomic mass is 35.5. The largest absolute Gasteiger partial charge is 0.480 e. The number of nitrogens with one attached hydrogen (secondary N) is 1. The van der Waals surface area contributed by atoms with E-state index in [9.17, 15) is 19.5 Å². The minimum atomic E-state index is -1.11. The molecule has 0 fully saturated rings. The molecule has 7 heteroatoms. The van der Waals surface area contributed by atoms with Gasteiger partial charge in [-0.25, -0.2) is 4.79 Å². The van der Waals surface area contributed by atoms with E-state index in [0.717, 1.165) is 10.1 Å². The molecule has 0 bridgehead atoms. The monoisotopic (exact) mass is 346 g/mol. The van der Waals surface area contributed by atoms with E-state index in [1.807, 2.05) is 0 Å². The molecule has 1 amide bonds. The van der Waals surface area contributed by atoms with Crippen molar-refractivity contribution < 1.29 is 14.7 Å². The molecule has 0 saturated carbocycles. The van der Waals surface area contributed by atoms with Gasteiger partial charge in [-0.1, -0.05) is 24.6 Å². The molecule has 0 aliphatic carbocycles. The first-order chi connectivity index (χ1) is 11.4. The molecule has 3 rings (SSSR count). The maximum Gasteiger partial charge on any atom is 0.326 e. The van der Waals surface area contributed by atoms with Crippen LogP contribution in [-0.4, -0.2) is 21.6 Å². The van der Waals surface area contributed by atoms with Crippen molar-refractivity contribution in [2.45, 2.75) is 25.9 Å². The summed E-state index contributed by atoms with van der Waals surface area (Å²) in [4.78, 5) is 36.2. The molecular weight excluding hydrogens is 332 g/mol. The van der Waals surface area contributed by atoms with Gasteiger partial charge in [0.15, 0.2) is 0 Å². The fraction of sp³-hybridized carbons (Fsp3) is 0.235. The molecule has 2 aromatic rings. The van der Waals surface area contributed by atoms with Gasteiger partial charge in [0.05, 0.1) is 5.56 Å². The lowest BCUT2D eigenvalue weighted by Crippen LogP contribution is -2.31. The van der Waals surface area contributed by atoms with Crippen molar-refractivity contribution in [1.29, 1.82) is 0 Å². The van der Waals surface area contributed by atoms with E-state index in [4.69, 9.17) is 11.6 Å². The van der Waals surface area contributed by atoms with Crippen LogP contribution in [0.5, 0.6) is 0 Å². The smallest absolute Gasteiger partial charge is 0.326 e. The van der Waals surface area contributed by atoms with Crippen LogP contribution in [0.2, 0.25) is 5.02 Å². The van der Waals surface area contributed by atoms with E-state index < -0.39 is 17.6 Å². The standard InChI is InChI=1S/C17H15ClN2O4/c1-2-14(17(23)24)20-8-13-12(6-15(20)21)11-5-10(18)4-3-9(11)7-19-16(13)22/h3-6,8,14H,2,7H2,1H3,(H,19,22)(H,23,24). The van der Waals surface area contributed by atoms with Crippen LogP contribution in [0.25, 0.3) is 11.1 Å². The molecule has 6 nitrogen and oxygen atoms in total. The van der Waals surface area contributed by atoms with Crippen molar-refractivity contribution in [2.75, 3.05) is 0 Å². The number of fused-ring (bicyclic) bond motifs is 3. The molecule has 2 N–H and O–H groups in total. The van der Waals surface area contributed by atoms with Crippen molar-refractivity contribution >= 4 is 23.5 Å². The summed E-state index contributed by atoms with van der Waals surface area (Å²) < 4.78 is 1.09. The number of hydrogen-bond acceptors (Lipinski definition) is 3. The van der Waals surface area contributed by atoms with Gasteiger partial charge in [0.25, 0.3) is 11.5 Å². The number of nitrogens with zero attached hydrogens (tertiary/aromatic N) is 1. The van der Waals surface area contributed by atoms with Gasteiger partial charge in [-0.3, -0.25) is 9.59 Å². The van der Waals surface area contributed by atoms with Gasteiger partial charge in [0.1, 0.15) is 6.04 Å². The third kappa shape index (κ3) is 2.69. The molecule has 1 unspecified atom stereocenters. The molecule has 24 heavy (non-hydrogen) atoms. The number of amides is 1. The van der Waals surface area contributed by atoms with Crippen LogP contribution >= 0.6 is 11.6 Å². The van der Waals surface area contributed by atoms with E-state index in [0.29, 0.717) is 22.7 Å². The topological polar surface area (TPSA) is 88.4 Å².